The summed E-state index contributed by atoms with van der Waals surface area (Å²) >= 11 is 5.90. The van der Waals surface area contributed by atoms with E-state index in [0.717, 1.165) is 18.7 Å². The summed E-state index contributed by atoms with van der Waals surface area (Å²) in [6.07, 6.45) is -0.722. The number of para-hydroxylation sites is 2. The number of aliphatic hydroxyl groups excluding tert-OH is 1. The van der Waals surface area contributed by atoms with Crippen LogP contribution in [0.3, 0.4) is 0 Å². The molecular weight excluding hydrogens is 394 g/mol. The van der Waals surface area contributed by atoms with Gasteiger partial charge in [-0.05, 0) is 30.7 Å². The third-order valence-electron chi connectivity index (χ3n) is 5.14. The molecule has 156 valence electrons. The standard InChI is InChI=1S/C21H26ClN3O4/c1-16(17-6-8-18(22)9-7-17)29-15-19(26)14-23-10-12-24(13-11-23)20-4-2-3-5-21(20)25(27)28/h2-9,16,19,26H,10-15H2,1H3/t16-,19+/m0/s1. The predicted octanol–water partition coefficient (Wildman–Crippen LogP) is 3.51. The average molecular weight is 420 g/mol. The van der Waals surface area contributed by atoms with E-state index < -0.39 is 6.10 Å². The molecule has 1 aliphatic rings. The Hall–Kier alpha value is -2.19. The number of ether oxygens (including phenoxy) is 1. The molecule has 1 N–H and O–H groups in total. The van der Waals surface area contributed by atoms with Crippen molar-refractivity contribution >= 4 is 23.0 Å². The molecule has 0 aromatic heterocycles. The molecule has 0 aliphatic carbocycles. The van der Waals surface area contributed by atoms with E-state index in [2.05, 4.69) is 4.90 Å². The second kappa shape index (κ2) is 10.0. The Labute approximate surface area is 175 Å². The van der Waals surface area contributed by atoms with Crippen LogP contribution in [0.4, 0.5) is 11.4 Å². The summed E-state index contributed by atoms with van der Waals surface area (Å²) in [5.41, 5.74) is 1.79. The first-order valence-electron chi connectivity index (χ1n) is 9.70. The lowest BCUT2D eigenvalue weighted by Gasteiger charge is -2.36. The fraction of sp³-hybridized carbons (Fsp3) is 0.429. The van der Waals surface area contributed by atoms with Gasteiger partial charge in [0.25, 0.3) is 5.69 Å². The molecule has 1 fully saturated rings. The van der Waals surface area contributed by atoms with Crippen molar-refractivity contribution in [3.63, 3.8) is 0 Å². The van der Waals surface area contributed by atoms with E-state index in [1.54, 1.807) is 12.1 Å². The van der Waals surface area contributed by atoms with E-state index in [4.69, 9.17) is 16.3 Å². The maximum absolute atomic E-state index is 11.2. The highest BCUT2D eigenvalue weighted by Gasteiger charge is 2.24. The van der Waals surface area contributed by atoms with Gasteiger partial charge in [-0.15, -0.1) is 0 Å². The summed E-state index contributed by atoms with van der Waals surface area (Å²) < 4.78 is 5.80. The van der Waals surface area contributed by atoms with E-state index in [1.807, 2.05) is 42.2 Å². The Bertz CT molecular complexity index is 810. The van der Waals surface area contributed by atoms with Crippen molar-refractivity contribution in [3.05, 3.63) is 69.2 Å². The summed E-state index contributed by atoms with van der Waals surface area (Å²) in [7, 11) is 0. The molecule has 0 saturated carbocycles. The number of rotatable bonds is 8. The first-order chi connectivity index (χ1) is 13.9. The van der Waals surface area contributed by atoms with Gasteiger partial charge < -0.3 is 14.7 Å². The van der Waals surface area contributed by atoms with Crippen LogP contribution in [0.25, 0.3) is 0 Å². The van der Waals surface area contributed by atoms with Crippen LogP contribution in [-0.2, 0) is 4.74 Å². The SMILES string of the molecule is C[C@H](OC[C@H](O)CN1CCN(c2ccccc2[N+](=O)[O-])CC1)c1ccc(Cl)cc1. The van der Waals surface area contributed by atoms with Gasteiger partial charge in [0, 0.05) is 43.8 Å². The van der Waals surface area contributed by atoms with Crippen molar-refractivity contribution in [3.8, 4) is 0 Å². The molecule has 3 rings (SSSR count). The molecule has 0 radical (unpaired) electrons. The normalized spacial score (nSPS) is 17.1. The number of halogens is 1. The summed E-state index contributed by atoms with van der Waals surface area (Å²) in [4.78, 5) is 15.1. The van der Waals surface area contributed by atoms with Gasteiger partial charge in [-0.25, -0.2) is 0 Å². The Morgan fingerprint density at radius 3 is 2.45 bits per heavy atom. The molecule has 29 heavy (non-hydrogen) atoms. The topological polar surface area (TPSA) is 79.1 Å². The number of piperazine rings is 1. The van der Waals surface area contributed by atoms with Gasteiger partial charge in [0.15, 0.2) is 0 Å². The zero-order chi connectivity index (χ0) is 20.8. The number of benzene rings is 2. The predicted molar refractivity (Wildman–Crippen MR) is 114 cm³/mol. The van der Waals surface area contributed by atoms with Crippen LogP contribution < -0.4 is 4.90 Å². The number of hydrogen-bond acceptors (Lipinski definition) is 6. The third-order valence-corrected chi connectivity index (χ3v) is 5.39. The van der Waals surface area contributed by atoms with Gasteiger partial charge in [0.1, 0.15) is 5.69 Å². The number of anilines is 1. The minimum atomic E-state index is -0.595. The molecule has 7 nitrogen and oxygen atoms in total. The quantitative estimate of drug-likeness (QED) is 0.521. The monoisotopic (exact) mass is 419 g/mol. The van der Waals surface area contributed by atoms with E-state index >= 15 is 0 Å². The van der Waals surface area contributed by atoms with Gasteiger partial charge in [0.2, 0.25) is 0 Å². The van der Waals surface area contributed by atoms with Crippen molar-refractivity contribution in [1.82, 2.24) is 4.90 Å². The fourth-order valence-corrected chi connectivity index (χ4v) is 3.62. The van der Waals surface area contributed by atoms with E-state index in [0.29, 0.717) is 30.3 Å². The Morgan fingerprint density at radius 1 is 1.14 bits per heavy atom. The third kappa shape index (κ3) is 5.90. The Kier molecular flexibility index (Phi) is 7.44. The van der Waals surface area contributed by atoms with Crippen LogP contribution in [0.5, 0.6) is 0 Å². The number of aliphatic hydroxyl groups is 1. The largest absolute Gasteiger partial charge is 0.389 e. The van der Waals surface area contributed by atoms with Gasteiger partial charge in [-0.2, -0.15) is 0 Å². The highest BCUT2D eigenvalue weighted by molar-refractivity contribution is 6.30. The smallest absolute Gasteiger partial charge is 0.292 e. The van der Waals surface area contributed by atoms with E-state index in [1.165, 1.54) is 6.07 Å². The van der Waals surface area contributed by atoms with E-state index in [9.17, 15) is 15.2 Å². The van der Waals surface area contributed by atoms with Gasteiger partial charge in [0.05, 0.1) is 23.7 Å². The van der Waals surface area contributed by atoms with Crippen molar-refractivity contribution < 1.29 is 14.8 Å². The minimum absolute atomic E-state index is 0.127. The van der Waals surface area contributed by atoms with Crippen LogP contribution >= 0.6 is 11.6 Å². The molecule has 1 aliphatic heterocycles. The molecule has 0 bridgehead atoms. The fourth-order valence-electron chi connectivity index (χ4n) is 3.49. The van der Waals surface area contributed by atoms with Crippen LogP contribution in [0.1, 0.15) is 18.6 Å². The van der Waals surface area contributed by atoms with Crippen molar-refractivity contribution in [2.45, 2.75) is 19.1 Å². The lowest BCUT2D eigenvalue weighted by Crippen LogP contribution is -2.49. The Balaban J connectivity index is 1.44. The average Bonchev–Trinajstić information content (AvgIpc) is 2.73. The van der Waals surface area contributed by atoms with Gasteiger partial charge >= 0.3 is 0 Å². The number of nitro benzene ring substituents is 1. The van der Waals surface area contributed by atoms with Crippen LogP contribution in [-0.4, -0.2) is 60.4 Å². The summed E-state index contributed by atoms with van der Waals surface area (Å²) in [5.74, 6) is 0. The molecule has 0 unspecified atom stereocenters. The van der Waals surface area contributed by atoms with Crippen LogP contribution in [0.2, 0.25) is 5.02 Å². The zero-order valence-corrected chi connectivity index (χ0v) is 17.2. The van der Waals surface area contributed by atoms with Gasteiger partial charge in [-0.3, -0.25) is 15.0 Å². The Morgan fingerprint density at radius 2 is 1.79 bits per heavy atom. The van der Waals surface area contributed by atoms with Crippen molar-refractivity contribution in [2.24, 2.45) is 0 Å². The zero-order valence-electron chi connectivity index (χ0n) is 16.4. The molecular formula is C21H26ClN3O4. The van der Waals surface area contributed by atoms with Crippen LogP contribution in [0.15, 0.2) is 48.5 Å². The second-order valence-electron chi connectivity index (χ2n) is 7.21. The molecule has 2 atom stereocenters. The summed E-state index contributed by atoms with van der Waals surface area (Å²) in [6, 6.07) is 14.3. The number of hydrogen-bond donors (Lipinski definition) is 1. The molecule has 2 aromatic carbocycles. The first kappa shape index (κ1) is 21.5. The van der Waals surface area contributed by atoms with E-state index in [-0.39, 0.29) is 23.3 Å². The maximum atomic E-state index is 11.2. The maximum Gasteiger partial charge on any atom is 0.292 e. The molecule has 0 spiro atoms. The second-order valence-corrected chi connectivity index (χ2v) is 7.65. The number of β-amino-alcohol motifs (C(OH)–C–C–N with tert-alkyl or cyclic N) is 1. The van der Waals surface area contributed by atoms with Crippen LogP contribution in [0, 0.1) is 10.1 Å². The van der Waals surface area contributed by atoms with Gasteiger partial charge in [-0.1, -0.05) is 35.9 Å². The lowest BCUT2D eigenvalue weighted by atomic mass is 10.1. The van der Waals surface area contributed by atoms with Crippen molar-refractivity contribution in [2.75, 3.05) is 44.2 Å². The molecule has 8 heteroatoms. The highest BCUT2D eigenvalue weighted by Crippen LogP contribution is 2.28. The first-order valence-corrected chi connectivity index (χ1v) is 10.1. The summed E-state index contributed by atoms with van der Waals surface area (Å²) in [6.45, 7) is 5.53. The highest BCUT2D eigenvalue weighted by atomic mass is 35.5. The number of nitrogens with zero attached hydrogens (tertiary/aromatic N) is 3. The molecule has 1 heterocycles. The minimum Gasteiger partial charge on any atom is -0.389 e. The molecule has 2 aromatic rings. The molecule has 1 saturated heterocycles. The lowest BCUT2D eigenvalue weighted by molar-refractivity contribution is -0.384. The number of nitro groups is 1. The summed E-state index contributed by atoms with van der Waals surface area (Å²) in [5, 5.41) is 22.3. The van der Waals surface area contributed by atoms with Crippen molar-refractivity contribution in [1.29, 1.82) is 0 Å². The molecule has 0 amide bonds.